The highest BCUT2D eigenvalue weighted by molar-refractivity contribution is 5.33. The van der Waals surface area contributed by atoms with E-state index in [0.717, 1.165) is 24.9 Å². The van der Waals surface area contributed by atoms with Crippen LogP contribution in [0.15, 0.2) is 24.3 Å². The summed E-state index contributed by atoms with van der Waals surface area (Å²) < 4.78 is 0. The Balaban J connectivity index is 2.08. The summed E-state index contributed by atoms with van der Waals surface area (Å²) >= 11 is 0. The average Bonchev–Trinajstić information content (AvgIpc) is 2.33. The van der Waals surface area contributed by atoms with Gasteiger partial charge in [-0.1, -0.05) is 24.6 Å². The van der Waals surface area contributed by atoms with Gasteiger partial charge >= 0.3 is 0 Å². The summed E-state index contributed by atoms with van der Waals surface area (Å²) in [6.07, 6.45) is 3.83. The molecule has 1 aromatic rings. The van der Waals surface area contributed by atoms with Gasteiger partial charge in [0, 0.05) is 12.5 Å². The van der Waals surface area contributed by atoms with Crippen LogP contribution in [-0.2, 0) is 6.42 Å². The molecule has 2 unspecified atom stereocenters. The predicted molar refractivity (Wildman–Crippen MR) is 68.1 cm³/mol. The quantitative estimate of drug-likeness (QED) is 0.749. The van der Waals surface area contributed by atoms with Crippen LogP contribution < -0.4 is 5.32 Å². The van der Waals surface area contributed by atoms with E-state index in [4.69, 9.17) is 0 Å². The molecule has 94 valence electrons. The summed E-state index contributed by atoms with van der Waals surface area (Å²) in [5.41, 5.74) is 0.00377. The molecular weight excluding hydrogens is 214 g/mol. The van der Waals surface area contributed by atoms with Gasteiger partial charge in [0.15, 0.2) is 0 Å². The molecule has 0 bridgehead atoms. The number of benzene rings is 1. The van der Waals surface area contributed by atoms with Gasteiger partial charge in [-0.25, -0.2) is 0 Å². The number of para-hydroxylation sites is 1. The fraction of sp³-hybridized carbons (Fsp3) is 0.571. The van der Waals surface area contributed by atoms with Crippen molar-refractivity contribution in [3.05, 3.63) is 29.8 Å². The molecule has 0 saturated carbocycles. The highest BCUT2D eigenvalue weighted by atomic mass is 16.3. The lowest BCUT2D eigenvalue weighted by atomic mass is 9.84. The Kier molecular flexibility index (Phi) is 3.69. The van der Waals surface area contributed by atoms with E-state index in [1.807, 2.05) is 19.1 Å². The van der Waals surface area contributed by atoms with E-state index in [2.05, 4.69) is 5.32 Å². The summed E-state index contributed by atoms with van der Waals surface area (Å²) in [6.45, 7) is 2.82. The number of aliphatic hydroxyl groups is 1. The highest BCUT2D eigenvalue weighted by Gasteiger charge is 2.33. The van der Waals surface area contributed by atoms with Gasteiger partial charge in [0.25, 0.3) is 0 Å². The Morgan fingerprint density at radius 2 is 2.12 bits per heavy atom. The first-order chi connectivity index (χ1) is 8.09. The molecule has 3 heteroatoms. The van der Waals surface area contributed by atoms with Crippen LogP contribution in [0.3, 0.4) is 0 Å². The van der Waals surface area contributed by atoms with Crippen LogP contribution >= 0.6 is 0 Å². The minimum Gasteiger partial charge on any atom is -0.508 e. The van der Waals surface area contributed by atoms with Gasteiger partial charge in [0.05, 0.1) is 5.60 Å². The molecular formula is C14H21NO2. The van der Waals surface area contributed by atoms with Gasteiger partial charge < -0.3 is 15.5 Å². The van der Waals surface area contributed by atoms with Gasteiger partial charge in [-0.3, -0.25) is 0 Å². The zero-order valence-electron chi connectivity index (χ0n) is 10.3. The first-order valence-electron chi connectivity index (χ1n) is 6.32. The molecule has 0 amide bonds. The van der Waals surface area contributed by atoms with Crippen molar-refractivity contribution < 1.29 is 10.2 Å². The van der Waals surface area contributed by atoms with Crippen LogP contribution in [0.2, 0.25) is 0 Å². The van der Waals surface area contributed by atoms with E-state index in [1.165, 1.54) is 6.42 Å². The third-order valence-corrected chi connectivity index (χ3v) is 3.60. The van der Waals surface area contributed by atoms with Gasteiger partial charge in [-0.05, 0) is 37.9 Å². The van der Waals surface area contributed by atoms with Gasteiger partial charge in [-0.2, -0.15) is 0 Å². The van der Waals surface area contributed by atoms with Gasteiger partial charge in [-0.15, -0.1) is 0 Å². The van der Waals surface area contributed by atoms with Crippen molar-refractivity contribution in [3.8, 4) is 5.75 Å². The minimum atomic E-state index is -0.806. The third kappa shape index (κ3) is 2.99. The topological polar surface area (TPSA) is 52.5 Å². The summed E-state index contributed by atoms with van der Waals surface area (Å²) in [5.74, 6) is 0.267. The second-order valence-corrected chi connectivity index (χ2v) is 5.17. The maximum absolute atomic E-state index is 10.5. The predicted octanol–water partition coefficient (Wildman–Crippen LogP) is 1.83. The van der Waals surface area contributed by atoms with Crippen LogP contribution in [0.25, 0.3) is 0 Å². The summed E-state index contributed by atoms with van der Waals surface area (Å²) in [7, 11) is 0. The molecule has 1 aliphatic rings. The van der Waals surface area contributed by atoms with E-state index in [0.29, 0.717) is 6.42 Å². The molecule has 1 aliphatic heterocycles. The first kappa shape index (κ1) is 12.4. The van der Waals surface area contributed by atoms with Crippen LogP contribution in [0.4, 0.5) is 0 Å². The van der Waals surface area contributed by atoms with E-state index >= 15 is 0 Å². The molecule has 0 aliphatic carbocycles. The van der Waals surface area contributed by atoms with E-state index in [9.17, 15) is 10.2 Å². The number of nitrogens with one attached hydrogen (secondary N) is 1. The fourth-order valence-corrected chi connectivity index (χ4v) is 2.55. The number of phenolic OH excluding ortho intramolecular Hbond substituents is 1. The second kappa shape index (κ2) is 5.07. The van der Waals surface area contributed by atoms with Crippen molar-refractivity contribution >= 4 is 0 Å². The molecule has 0 aromatic heterocycles. The van der Waals surface area contributed by atoms with Crippen molar-refractivity contribution in [2.45, 2.75) is 44.2 Å². The van der Waals surface area contributed by atoms with E-state index in [1.54, 1.807) is 12.1 Å². The van der Waals surface area contributed by atoms with Crippen molar-refractivity contribution in [3.63, 3.8) is 0 Å². The molecule has 0 spiro atoms. The Labute approximate surface area is 102 Å². The molecule has 1 heterocycles. The molecule has 17 heavy (non-hydrogen) atoms. The Morgan fingerprint density at radius 1 is 1.35 bits per heavy atom. The van der Waals surface area contributed by atoms with Crippen LogP contribution in [0.1, 0.15) is 31.7 Å². The van der Waals surface area contributed by atoms with Crippen LogP contribution in [0.5, 0.6) is 5.75 Å². The largest absolute Gasteiger partial charge is 0.508 e. The summed E-state index contributed by atoms with van der Waals surface area (Å²) in [6, 6.07) is 7.34. The van der Waals surface area contributed by atoms with Gasteiger partial charge in [0.2, 0.25) is 0 Å². The number of piperidine rings is 1. The maximum atomic E-state index is 10.5. The molecule has 2 rings (SSSR count). The lowest BCUT2D eigenvalue weighted by molar-refractivity contribution is 0.00994. The molecule has 3 nitrogen and oxygen atoms in total. The number of hydrogen-bond acceptors (Lipinski definition) is 3. The first-order valence-corrected chi connectivity index (χ1v) is 6.32. The van der Waals surface area contributed by atoms with Crippen molar-refractivity contribution in [1.82, 2.24) is 5.32 Å². The summed E-state index contributed by atoms with van der Waals surface area (Å²) in [5, 5.41) is 23.7. The standard InChI is InChI=1S/C14H21NO2/c1-14(17,13-8-4-5-9-15-13)10-11-6-2-3-7-12(11)16/h2-3,6-7,13,15-17H,4-5,8-10H2,1H3. The Bertz CT molecular complexity index is 370. The molecule has 1 aromatic carbocycles. The van der Waals surface area contributed by atoms with Crippen LogP contribution in [-0.4, -0.2) is 28.4 Å². The molecule has 1 fully saturated rings. The Morgan fingerprint density at radius 3 is 2.76 bits per heavy atom. The molecule has 1 saturated heterocycles. The second-order valence-electron chi connectivity index (χ2n) is 5.17. The third-order valence-electron chi connectivity index (χ3n) is 3.60. The monoisotopic (exact) mass is 235 g/mol. The van der Waals surface area contributed by atoms with Crippen molar-refractivity contribution in [2.24, 2.45) is 0 Å². The SMILES string of the molecule is CC(O)(Cc1ccccc1O)C1CCCCN1. The molecule has 2 atom stereocenters. The van der Waals surface area contributed by atoms with Crippen molar-refractivity contribution in [1.29, 1.82) is 0 Å². The number of aromatic hydroxyl groups is 1. The highest BCUT2D eigenvalue weighted by Crippen LogP contribution is 2.26. The number of rotatable bonds is 3. The van der Waals surface area contributed by atoms with Gasteiger partial charge in [0.1, 0.15) is 5.75 Å². The zero-order chi connectivity index (χ0) is 12.3. The Hall–Kier alpha value is -1.06. The minimum absolute atomic E-state index is 0.121. The smallest absolute Gasteiger partial charge is 0.118 e. The molecule has 0 radical (unpaired) electrons. The van der Waals surface area contributed by atoms with Crippen molar-refractivity contribution in [2.75, 3.05) is 6.54 Å². The zero-order valence-corrected chi connectivity index (χ0v) is 10.3. The summed E-state index contributed by atoms with van der Waals surface area (Å²) in [4.78, 5) is 0. The normalized spacial score (nSPS) is 24.2. The number of hydrogen-bond donors (Lipinski definition) is 3. The molecule has 3 N–H and O–H groups in total. The lowest BCUT2D eigenvalue weighted by Crippen LogP contribution is -2.52. The number of phenols is 1. The lowest BCUT2D eigenvalue weighted by Gasteiger charge is -2.36. The average molecular weight is 235 g/mol. The van der Waals surface area contributed by atoms with E-state index in [-0.39, 0.29) is 11.8 Å². The fourth-order valence-electron chi connectivity index (χ4n) is 2.55. The van der Waals surface area contributed by atoms with E-state index < -0.39 is 5.60 Å². The maximum Gasteiger partial charge on any atom is 0.118 e. The van der Waals surface area contributed by atoms with Crippen LogP contribution in [0, 0.1) is 0 Å².